The lowest BCUT2D eigenvalue weighted by molar-refractivity contribution is 0.0233. The van der Waals surface area contributed by atoms with Gasteiger partial charge in [0.05, 0.1) is 12.2 Å². The van der Waals surface area contributed by atoms with Crippen molar-refractivity contribution in [2.45, 2.75) is 30.8 Å². The number of nitrogens with one attached hydrogen (secondary N) is 1. The zero-order valence-electron chi connectivity index (χ0n) is 13.8. The van der Waals surface area contributed by atoms with E-state index in [1.165, 1.54) is 4.31 Å². The number of carbonyl (C=O) groups excluding carboxylic acids is 1. The van der Waals surface area contributed by atoms with Crippen LogP contribution in [-0.2, 0) is 24.9 Å². The van der Waals surface area contributed by atoms with Crippen LogP contribution >= 0.6 is 0 Å². The maximum Gasteiger partial charge on any atom is 0.412 e. The van der Waals surface area contributed by atoms with Crippen LogP contribution in [0.25, 0.3) is 0 Å². The molecule has 9 heteroatoms. The van der Waals surface area contributed by atoms with Crippen LogP contribution in [0.4, 0.5) is 10.5 Å². The van der Waals surface area contributed by atoms with Crippen LogP contribution in [0.5, 0.6) is 0 Å². The van der Waals surface area contributed by atoms with Gasteiger partial charge in [-0.1, -0.05) is 27.6 Å². The number of rotatable bonds is 2. The Morgan fingerprint density at radius 3 is 2.84 bits per heavy atom. The molecule has 1 aromatic heterocycles. The van der Waals surface area contributed by atoms with E-state index in [1.54, 1.807) is 19.9 Å². The van der Waals surface area contributed by atoms with Gasteiger partial charge in [-0.25, -0.2) is 4.79 Å². The van der Waals surface area contributed by atoms with Crippen LogP contribution in [0.2, 0.25) is 0 Å². The number of aryl methyl sites for hydroxylation is 2. The largest absolute Gasteiger partial charge is 0.593 e. The molecule has 3 heterocycles. The Hall–Kier alpha value is -2.23. The van der Waals surface area contributed by atoms with Gasteiger partial charge in [-0.3, -0.25) is 5.32 Å². The third-order valence-corrected chi connectivity index (χ3v) is 6.80. The van der Waals surface area contributed by atoms with E-state index in [1.807, 2.05) is 18.2 Å². The number of para-hydroxylation sites is 1. The Kier molecular flexibility index (Phi) is 3.50. The number of hydrogen-bond donors (Lipinski definition) is 1. The standard InChI is InChI=1S/C16H17N3O5S/c1-10-14(11(2)24-18-10)25(21,22)19-8-7-16(9-19)12-5-3-4-6-13(12)17-15(20)23-16/h3-6H,7-9H2,1-2H3,(H-,17,20,21,22). The summed E-state index contributed by atoms with van der Waals surface area (Å²) in [7, 11) is -3.79. The molecule has 2 aliphatic rings. The predicted octanol–water partition coefficient (Wildman–Crippen LogP) is 2.36. The highest BCUT2D eigenvalue weighted by atomic mass is 32.3. The first-order valence-corrected chi connectivity index (χ1v) is 9.30. The molecule has 0 saturated carbocycles. The van der Waals surface area contributed by atoms with Gasteiger partial charge in [0, 0.05) is 25.5 Å². The fourth-order valence-electron chi connectivity index (χ4n) is 3.59. The van der Waals surface area contributed by atoms with E-state index in [0.717, 1.165) is 5.56 Å². The first-order valence-electron chi connectivity index (χ1n) is 7.86. The first-order chi connectivity index (χ1) is 11.8. The number of aromatic nitrogens is 1. The molecule has 0 bridgehead atoms. The third kappa shape index (κ3) is 2.38. The summed E-state index contributed by atoms with van der Waals surface area (Å²) >= 11 is 0. The number of ether oxygens (including phenoxy) is 1. The Balaban J connectivity index is 1.72. The lowest BCUT2D eigenvalue weighted by atomic mass is 9.90. The van der Waals surface area contributed by atoms with Crippen LogP contribution in [0.3, 0.4) is 0 Å². The molecule has 2 aliphatic heterocycles. The van der Waals surface area contributed by atoms with Crippen LogP contribution < -0.4 is 5.32 Å². The molecule has 1 aromatic carbocycles. The van der Waals surface area contributed by atoms with Gasteiger partial charge >= 0.3 is 6.09 Å². The zero-order chi connectivity index (χ0) is 17.8. The van der Waals surface area contributed by atoms with Crippen LogP contribution in [0.1, 0.15) is 23.4 Å². The SMILES string of the molecule is Cc1noc(C)c1[S+](=O)([O-])N1CCC2(C1)OC(=O)Nc1ccccc12. The number of carbonyl (C=O) groups is 1. The number of amides is 1. The van der Waals surface area contributed by atoms with Gasteiger partial charge in [0.15, 0.2) is 21.8 Å². The first kappa shape index (κ1) is 16.2. The number of hydrogen-bond acceptors (Lipinski definition) is 6. The lowest BCUT2D eigenvalue weighted by Crippen LogP contribution is -2.44. The van der Waals surface area contributed by atoms with Gasteiger partial charge in [0.25, 0.3) is 0 Å². The molecule has 4 rings (SSSR count). The normalized spacial score (nSPS) is 25.3. The van der Waals surface area contributed by atoms with E-state index >= 15 is 0 Å². The van der Waals surface area contributed by atoms with E-state index in [9.17, 15) is 13.6 Å². The fraction of sp³-hybridized carbons (Fsp3) is 0.375. The molecular weight excluding hydrogens is 346 g/mol. The van der Waals surface area contributed by atoms with E-state index in [0.29, 0.717) is 17.8 Å². The predicted molar refractivity (Wildman–Crippen MR) is 87.5 cm³/mol. The highest BCUT2D eigenvalue weighted by molar-refractivity contribution is 7.95. The van der Waals surface area contributed by atoms with Crippen molar-refractivity contribution in [1.29, 1.82) is 0 Å². The van der Waals surface area contributed by atoms with Gasteiger partial charge in [-0.2, -0.15) is 0 Å². The van der Waals surface area contributed by atoms with E-state index in [4.69, 9.17) is 9.26 Å². The summed E-state index contributed by atoms with van der Waals surface area (Å²) in [5.74, 6) is 0.251. The summed E-state index contributed by atoms with van der Waals surface area (Å²) in [5, 5.41) is 6.39. The molecule has 2 atom stereocenters. The molecule has 2 aromatic rings. The molecule has 132 valence electrons. The molecule has 1 spiro atoms. The van der Waals surface area contributed by atoms with Crippen molar-refractivity contribution in [2.24, 2.45) is 0 Å². The van der Waals surface area contributed by atoms with Crippen molar-refractivity contribution < 1.29 is 22.8 Å². The number of benzene rings is 1. The van der Waals surface area contributed by atoms with Crippen molar-refractivity contribution in [3.8, 4) is 0 Å². The smallest absolute Gasteiger partial charge is 0.412 e. The maximum atomic E-state index is 13.0. The molecule has 2 unspecified atom stereocenters. The van der Waals surface area contributed by atoms with Gasteiger partial charge in [-0.15, -0.1) is 4.31 Å². The Labute approximate surface area is 145 Å². The van der Waals surface area contributed by atoms with Gasteiger partial charge in [0.1, 0.15) is 5.69 Å². The topological polar surface area (TPSA) is 108 Å². The highest BCUT2D eigenvalue weighted by Crippen LogP contribution is 2.45. The molecule has 1 fully saturated rings. The average molecular weight is 363 g/mol. The van der Waals surface area contributed by atoms with Gasteiger partial charge in [-0.05, 0) is 13.0 Å². The molecular formula is C16H17N3O5S. The zero-order valence-corrected chi connectivity index (χ0v) is 14.6. The summed E-state index contributed by atoms with van der Waals surface area (Å²) < 4.78 is 38.0. The Morgan fingerprint density at radius 2 is 2.12 bits per heavy atom. The summed E-state index contributed by atoms with van der Waals surface area (Å²) in [6, 6.07) is 7.28. The molecule has 0 aliphatic carbocycles. The number of nitrogens with zero attached hydrogens (tertiary/aromatic N) is 2. The Bertz CT molecular complexity index is 891. The van der Waals surface area contributed by atoms with Gasteiger partial charge < -0.3 is 13.8 Å². The molecule has 0 radical (unpaired) electrons. The second-order valence-corrected chi connectivity index (χ2v) is 8.17. The Morgan fingerprint density at radius 1 is 1.36 bits per heavy atom. The van der Waals surface area contributed by atoms with E-state index in [-0.39, 0.29) is 23.7 Å². The highest BCUT2D eigenvalue weighted by Gasteiger charge is 2.53. The minimum atomic E-state index is -3.79. The van der Waals surface area contributed by atoms with Crippen molar-refractivity contribution in [2.75, 3.05) is 18.4 Å². The quantitative estimate of drug-likeness (QED) is 0.821. The van der Waals surface area contributed by atoms with E-state index < -0.39 is 22.1 Å². The summed E-state index contributed by atoms with van der Waals surface area (Å²) in [6.07, 6.45) is -0.185. The van der Waals surface area contributed by atoms with Crippen molar-refractivity contribution >= 4 is 22.2 Å². The minimum absolute atomic E-state index is 0.0594. The molecule has 8 nitrogen and oxygen atoms in total. The number of sulfonamides is 1. The average Bonchev–Trinajstić information content (AvgIpc) is 3.12. The molecule has 1 N–H and O–H groups in total. The second-order valence-electron chi connectivity index (χ2n) is 6.30. The number of anilines is 1. The van der Waals surface area contributed by atoms with Crippen LogP contribution in [-0.4, -0.2) is 33.2 Å². The molecule has 25 heavy (non-hydrogen) atoms. The second kappa shape index (κ2) is 5.38. The van der Waals surface area contributed by atoms with Crippen molar-refractivity contribution in [3.05, 3.63) is 41.3 Å². The van der Waals surface area contributed by atoms with Crippen LogP contribution in [0, 0.1) is 13.8 Å². The van der Waals surface area contributed by atoms with Gasteiger partial charge in [0.2, 0.25) is 4.90 Å². The van der Waals surface area contributed by atoms with E-state index in [2.05, 4.69) is 10.5 Å². The molecule has 1 saturated heterocycles. The summed E-state index contributed by atoms with van der Waals surface area (Å²) in [5.41, 5.74) is 0.771. The van der Waals surface area contributed by atoms with Crippen LogP contribution in [0.15, 0.2) is 33.7 Å². The summed E-state index contributed by atoms with van der Waals surface area (Å²) in [4.78, 5) is 12.0. The van der Waals surface area contributed by atoms with Crippen molar-refractivity contribution in [1.82, 2.24) is 9.46 Å². The lowest BCUT2D eigenvalue weighted by Gasteiger charge is -2.35. The summed E-state index contributed by atoms with van der Waals surface area (Å²) in [6.45, 7) is 3.46. The number of fused-ring (bicyclic) bond motifs is 2. The third-order valence-electron chi connectivity index (χ3n) is 4.71. The minimum Gasteiger partial charge on any atom is -0.593 e. The fourth-order valence-corrected chi connectivity index (χ4v) is 5.37. The molecule has 1 amide bonds. The van der Waals surface area contributed by atoms with Crippen molar-refractivity contribution in [3.63, 3.8) is 0 Å². The maximum absolute atomic E-state index is 13.0. The monoisotopic (exact) mass is 363 g/mol.